The Balaban J connectivity index is 1.82. The Bertz CT molecular complexity index is 666. The van der Waals surface area contributed by atoms with Gasteiger partial charge in [0.2, 0.25) is 10.0 Å². The Morgan fingerprint density at radius 3 is 2.12 bits per heavy atom. The quantitative estimate of drug-likeness (QED) is 0.808. The van der Waals surface area contributed by atoms with E-state index in [9.17, 15) is 13.2 Å². The van der Waals surface area contributed by atoms with Gasteiger partial charge in [-0.25, -0.2) is 13.1 Å². The number of hydrogen-bond donors (Lipinski definition) is 2. The van der Waals surface area contributed by atoms with Gasteiger partial charge in [-0.15, -0.1) is 0 Å². The molecular formula is C18H32N2O3S. The van der Waals surface area contributed by atoms with Gasteiger partial charge in [-0.05, 0) is 49.4 Å². The standard InChI is InChI=1S/C18H32N2O3S/c1-15(2)12-6-9-18(15,14(21)10-12)11-24(22,23)20-13-7-8-17(5,19)16(13,3)4/h12-13,20H,6-11,19H2,1-5H3/t12-,13+,17-,18-/m1/s1. The lowest BCUT2D eigenvalue weighted by molar-refractivity contribution is -0.128. The van der Waals surface area contributed by atoms with Crippen LogP contribution in [-0.4, -0.2) is 31.5 Å². The van der Waals surface area contributed by atoms with Gasteiger partial charge in [0.1, 0.15) is 5.78 Å². The summed E-state index contributed by atoms with van der Waals surface area (Å²) in [5.74, 6) is 0.398. The smallest absolute Gasteiger partial charge is 0.212 e. The van der Waals surface area contributed by atoms with Crippen molar-refractivity contribution in [3.8, 4) is 0 Å². The highest BCUT2D eigenvalue weighted by Crippen LogP contribution is 2.64. The second-order valence-corrected chi connectivity index (χ2v) is 11.5. The Morgan fingerprint density at radius 1 is 1.08 bits per heavy atom. The summed E-state index contributed by atoms with van der Waals surface area (Å²) in [6, 6.07) is -0.175. The number of nitrogens with two attached hydrogens (primary N) is 1. The lowest BCUT2D eigenvalue weighted by atomic mass is 9.70. The largest absolute Gasteiger partial charge is 0.325 e. The van der Waals surface area contributed by atoms with Crippen LogP contribution in [0, 0.1) is 22.2 Å². The third kappa shape index (κ3) is 2.32. The molecule has 3 N–H and O–H groups in total. The van der Waals surface area contributed by atoms with Crippen molar-refractivity contribution in [2.45, 2.75) is 78.3 Å². The molecule has 2 bridgehead atoms. The zero-order chi connectivity index (χ0) is 18.2. The molecule has 6 heteroatoms. The highest BCUT2D eigenvalue weighted by molar-refractivity contribution is 7.89. The molecule has 0 aromatic carbocycles. The van der Waals surface area contributed by atoms with Crippen LogP contribution in [0.4, 0.5) is 0 Å². The van der Waals surface area contributed by atoms with Gasteiger partial charge < -0.3 is 5.73 Å². The summed E-state index contributed by atoms with van der Waals surface area (Å²) in [5, 5.41) is 0. The van der Waals surface area contributed by atoms with Crippen molar-refractivity contribution >= 4 is 15.8 Å². The zero-order valence-corrected chi connectivity index (χ0v) is 16.4. The summed E-state index contributed by atoms with van der Waals surface area (Å²) < 4.78 is 28.8. The number of carbonyl (C=O) groups excluding carboxylic acids is 1. The zero-order valence-electron chi connectivity index (χ0n) is 15.6. The monoisotopic (exact) mass is 356 g/mol. The summed E-state index contributed by atoms with van der Waals surface area (Å²) in [6.07, 6.45) is 3.74. The highest BCUT2D eigenvalue weighted by Gasteiger charge is 2.65. The first-order valence-electron chi connectivity index (χ1n) is 9.07. The maximum atomic E-state index is 13.0. The third-order valence-corrected chi connectivity index (χ3v) is 9.71. The van der Waals surface area contributed by atoms with Crippen LogP contribution >= 0.6 is 0 Å². The van der Waals surface area contributed by atoms with Crippen molar-refractivity contribution in [2.75, 3.05) is 5.75 Å². The first-order valence-corrected chi connectivity index (χ1v) is 10.7. The number of sulfonamides is 1. The van der Waals surface area contributed by atoms with Crippen molar-refractivity contribution in [3.63, 3.8) is 0 Å². The molecule has 0 saturated heterocycles. The van der Waals surface area contributed by atoms with E-state index in [-0.39, 0.29) is 33.9 Å². The second-order valence-electron chi connectivity index (χ2n) is 9.77. The number of nitrogens with one attached hydrogen (secondary N) is 1. The fourth-order valence-electron chi connectivity index (χ4n) is 5.42. The van der Waals surface area contributed by atoms with Crippen LogP contribution in [0.3, 0.4) is 0 Å². The molecule has 3 fully saturated rings. The van der Waals surface area contributed by atoms with Crippen LogP contribution in [0.1, 0.15) is 66.7 Å². The molecule has 3 rings (SSSR count). The van der Waals surface area contributed by atoms with Crippen molar-refractivity contribution in [1.29, 1.82) is 0 Å². The maximum absolute atomic E-state index is 13.0. The first kappa shape index (κ1) is 18.3. The molecule has 0 unspecified atom stereocenters. The van der Waals surface area contributed by atoms with E-state index in [1.54, 1.807) is 0 Å². The Labute approximate surface area is 146 Å². The van der Waals surface area contributed by atoms with Gasteiger partial charge in [0.15, 0.2) is 0 Å². The molecule has 0 amide bonds. The van der Waals surface area contributed by atoms with Gasteiger partial charge in [-0.3, -0.25) is 4.79 Å². The van der Waals surface area contributed by atoms with Crippen LogP contribution in [0.5, 0.6) is 0 Å². The molecule has 0 aromatic rings. The van der Waals surface area contributed by atoms with Crippen LogP contribution in [0.15, 0.2) is 0 Å². The molecule has 0 spiro atoms. The van der Waals surface area contributed by atoms with Crippen molar-refractivity contribution in [3.05, 3.63) is 0 Å². The molecule has 4 atom stereocenters. The number of Topliss-reactive ketones (excluding diaryl/α,β-unsaturated/α-hetero) is 1. The van der Waals surface area contributed by atoms with Crippen LogP contribution in [0.25, 0.3) is 0 Å². The molecule has 0 radical (unpaired) electrons. The molecule has 0 aromatic heterocycles. The predicted molar refractivity (Wildman–Crippen MR) is 94.9 cm³/mol. The molecule has 0 heterocycles. The van der Waals surface area contributed by atoms with Gasteiger partial charge in [0, 0.05) is 23.4 Å². The summed E-state index contributed by atoms with van der Waals surface area (Å²) in [5.41, 5.74) is 4.72. The van der Waals surface area contributed by atoms with Gasteiger partial charge in [0.25, 0.3) is 0 Å². The van der Waals surface area contributed by atoms with E-state index in [1.165, 1.54) is 0 Å². The topological polar surface area (TPSA) is 89.3 Å². The molecule has 24 heavy (non-hydrogen) atoms. The van der Waals surface area contributed by atoms with Crippen LogP contribution < -0.4 is 10.5 Å². The second kappa shape index (κ2) is 5.04. The minimum absolute atomic E-state index is 0.0732. The lowest BCUT2D eigenvalue weighted by Crippen LogP contribution is -2.55. The van der Waals surface area contributed by atoms with Gasteiger partial charge in [-0.1, -0.05) is 27.7 Å². The van der Waals surface area contributed by atoms with E-state index < -0.39 is 15.4 Å². The number of carbonyl (C=O) groups is 1. The average molecular weight is 357 g/mol. The molecule has 3 aliphatic carbocycles. The molecule has 5 nitrogen and oxygen atoms in total. The predicted octanol–water partition coefficient (Wildman–Crippen LogP) is 2.21. The van der Waals surface area contributed by atoms with E-state index in [0.717, 1.165) is 19.3 Å². The number of fused-ring (bicyclic) bond motifs is 2. The summed E-state index contributed by atoms with van der Waals surface area (Å²) in [6.45, 7) is 10.2. The van der Waals surface area contributed by atoms with Gasteiger partial charge in [0.05, 0.1) is 5.75 Å². The third-order valence-electron chi connectivity index (χ3n) is 8.19. The number of hydrogen-bond acceptors (Lipinski definition) is 4. The van der Waals surface area contributed by atoms with Gasteiger partial charge in [-0.2, -0.15) is 0 Å². The van der Waals surface area contributed by atoms with E-state index in [0.29, 0.717) is 18.8 Å². The summed E-state index contributed by atoms with van der Waals surface area (Å²) >= 11 is 0. The number of ketones is 1. The Kier molecular flexibility index (Phi) is 3.85. The van der Waals surface area contributed by atoms with Crippen LogP contribution in [-0.2, 0) is 14.8 Å². The normalized spacial score (nSPS) is 43.5. The molecule has 3 saturated carbocycles. The lowest BCUT2D eigenvalue weighted by Gasteiger charge is -2.40. The molecular weight excluding hydrogens is 324 g/mol. The van der Waals surface area contributed by atoms with Gasteiger partial charge >= 0.3 is 0 Å². The molecule has 138 valence electrons. The summed E-state index contributed by atoms with van der Waals surface area (Å²) in [4.78, 5) is 12.6. The van der Waals surface area contributed by atoms with E-state index in [4.69, 9.17) is 5.73 Å². The van der Waals surface area contributed by atoms with Crippen molar-refractivity contribution < 1.29 is 13.2 Å². The average Bonchev–Trinajstić information content (AvgIpc) is 2.84. The van der Waals surface area contributed by atoms with Crippen molar-refractivity contribution in [1.82, 2.24) is 4.72 Å². The fraction of sp³-hybridized carbons (Fsp3) is 0.944. The van der Waals surface area contributed by atoms with E-state index >= 15 is 0 Å². The minimum atomic E-state index is -3.54. The fourth-order valence-corrected chi connectivity index (χ4v) is 7.68. The summed E-state index contributed by atoms with van der Waals surface area (Å²) in [7, 11) is -3.54. The van der Waals surface area contributed by atoms with E-state index in [1.807, 2.05) is 20.8 Å². The highest BCUT2D eigenvalue weighted by atomic mass is 32.2. The van der Waals surface area contributed by atoms with Crippen LogP contribution in [0.2, 0.25) is 0 Å². The van der Waals surface area contributed by atoms with Crippen molar-refractivity contribution in [2.24, 2.45) is 27.9 Å². The van der Waals surface area contributed by atoms with E-state index in [2.05, 4.69) is 18.6 Å². The SMILES string of the molecule is CC1(C)[C@@H]2CC[C@@]1(CS(=O)(=O)N[C@H]1CC[C@@](C)(N)C1(C)C)C(=O)C2. The maximum Gasteiger partial charge on any atom is 0.212 e. The Morgan fingerprint density at radius 2 is 1.71 bits per heavy atom. The molecule has 3 aliphatic rings. The molecule has 0 aliphatic heterocycles. The number of rotatable bonds is 4. The first-order chi connectivity index (χ1) is 10.8. The minimum Gasteiger partial charge on any atom is -0.325 e. The Hall–Kier alpha value is -0.460.